The minimum absolute atomic E-state index is 0.316. The lowest BCUT2D eigenvalue weighted by atomic mass is 9.73. The third kappa shape index (κ3) is 1.36. The van der Waals surface area contributed by atoms with Crippen molar-refractivity contribution in [3.8, 4) is 0 Å². The Balaban J connectivity index is 2.44. The zero-order valence-corrected chi connectivity index (χ0v) is 9.46. The average molecular weight is 193 g/mol. The highest BCUT2D eigenvalue weighted by Gasteiger charge is 2.36. The van der Waals surface area contributed by atoms with Gasteiger partial charge in [0.25, 0.3) is 0 Å². The number of aryl methyl sites for hydroxylation is 2. The molecule has 1 aromatic rings. The lowest BCUT2D eigenvalue weighted by Crippen LogP contribution is -2.36. The van der Waals surface area contributed by atoms with E-state index in [4.69, 9.17) is 0 Å². The number of nitrogens with zero attached hydrogens (tertiary/aromatic N) is 2. The lowest BCUT2D eigenvalue weighted by molar-refractivity contribution is 0.214. The summed E-state index contributed by atoms with van der Waals surface area (Å²) in [6.45, 7) is 4.62. The van der Waals surface area contributed by atoms with E-state index in [1.165, 1.54) is 17.7 Å². The van der Waals surface area contributed by atoms with Gasteiger partial charge in [0.2, 0.25) is 0 Å². The molecule has 78 valence electrons. The highest BCUT2D eigenvalue weighted by Crippen LogP contribution is 2.42. The number of fused-ring (bicyclic) bond motifs is 1. The molecule has 1 aliphatic rings. The molecule has 0 aliphatic heterocycles. The summed E-state index contributed by atoms with van der Waals surface area (Å²) in [6.07, 6.45) is 4.54. The molecule has 1 aliphatic carbocycles. The van der Waals surface area contributed by atoms with Gasteiger partial charge < -0.3 is 5.32 Å². The Morgan fingerprint density at radius 1 is 1.57 bits per heavy atom. The van der Waals surface area contributed by atoms with Crippen LogP contribution in [0.5, 0.6) is 0 Å². The van der Waals surface area contributed by atoms with Crippen molar-refractivity contribution in [3.05, 3.63) is 17.5 Å². The Morgan fingerprint density at radius 2 is 2.29 bits per heavy atom. The number of hydrogen-bond donors (Lipinski definition) is 1. The average Bonchev–Trinajstić information content (AvgIpc) is 2.44. The van der Waals surface area contributed by atoms with Gasteiger partial charge in [0.1, 0.15) is 0 Å². The van der Waals surface area contributed by atoms with Crippen molar-refractivity contribution in [1.29, 1.82) is 0 Å². The van der Waals surface area contributed by atoms with Gasteiger partial charge in [-0.15, -0.1) is 0 Å². The van der Waals surface area contributed by atoms with E-state index in [9.17, 15) is 0 Å². The van der Waals surface area contributed by atoms with Gasteiger partial charge in [0.15, 0.2) is 0 Å². The van der Waals surface area contributed by atoms with Crippen LogP contribution in [-0.4, -0.2) is 16.8 Å². The minimum Gasteiger partial charge on any atom is -0.311 e. The maximum atomic E-state index is 4.55. The van der Waals surface area contributed by atoms with Gasteiger partial charge in [-0.2, -0.15) is 5.10 Å². The van der Waals surface area contributed by atoms with Crippen LogP contribution in [0.15, 0.2) is 6.20 Å². The molecule has 0 fully saturated rings. The first-order valence-corrected chi connectivity index (χ1v) is 5.24. The molecule has 2 rings (SSSR count). The van der Waals surface area contributed by atoms with Crippen LogP contribution in [0.25, 0.3) is 0 Å². The summed E-state index contributed by atoms with van der Waals surface area (Å²) >= 11 is 0. The molecule has 0 aromatic carbocycles. The number of aromatic nitrogens is 2. The van der Waals surface area contributed by atoms with E-state index in [-0.39, 0.29) is 0 Å². The highest BCUT2D eigenvalue weighted by atomic mass is 15.3. The molecule has 0 saturated carbocycles. The number of rotatable bonds is 1. The first-order valence-electron chi connectivity index (χ1n) is 5.24. The molecule has 0 spiro atoms. The zero-order chi connectivity index (χ0) is 10.3. The molecule has 1 atom stereocenters. The van der Waals surface area contributed by atoms with Gasteiger partial charge in [-0.1, -0.05) is 13.8 Å². The largest absolute Gasteiger partial charge is 0.311 e. The summed E-state index contributed by atoms with van der Waals surface area (Å²) < 4.78 is 1.93. The molecular formula is C11H19N3. The van der Waals surface area contributed by atoms with Crippen molar-refractivity contribution in [1.82, 2.24) is 15.1 Å². The Morgan fingerprint density at radius 3 is 2.93 bits per heavy atom. The molecular weight excluding hydrogens is 174 g/mol. The van der Waals surface area contributed by atoms with E-state index in [2.05, 4.69) is 30.5 Å². The van der Waals surface area contributed by atoms with E-state index in [0.29, 0.717) is 11.5 Å². The first-order chi connectivity index (χ1) is 6.54. The standard InChI is InChI=1S/C11H19N3/c1-11(2)6-5-8-7-14(4)13-9(8)10(11)12-3/h7,10,12H,5-6H2,1-4H3. The summed E-state index contributed by atoms with van der Waals surface area (Å²) in [7, 11) is 4.02. The Bertz CT molecular complexity index is 338. The van der Waals surface area contributed by atoms with Gasteiger partial charge in [-0.05, 0) is 30.9 Å². The Kier molecular flexibility index (Phi) is 2.14. The second-order valence-corrected chi connectivity index (χ2v) is 4.92. The molecule has 3 heteroatoms. The third-order valence-electron chi connectivity index (χ3n) is 3.32. The maximum absolute atomic E-state index is 4.55. The second-order valence-electron chi connectivity index (χ2n) is 4.92. The highest BCUT2D eigenvalue weighted by molar-refractivity contribution is 5.26. The molecule has 1 aromatic heterocycles. The first kappa shape index (κ1) is 9.71. The molecule has 14 heavy (non-hydrogen) atoms. The third-order valence-corrected chi connectivity index (χ3v) is 3.32. The summed E-state index contributed by atoms with van der Waals surface area (Å²) in [4.78, 5) is 0. The van der Waals surface area contributed by atoms with Crippen LogP contribution in [0.3, 0.4) is 0 Å². The van der Waals surface area contributed by atoms with Crippen molar-refractivity contribution in [3.63, 3.8) is 0 Å². The van der Waals surface area contributed by atoms with Crippen LogP contribution < -0.4 is 5.32 Å². The molecule has 0 amide bonds. The Labute approximate surface area is 85.5 Å². The SMILES string of the molecule is CNC1c2nn(C)cc2CCC1(C)C. The van der Waals surface area contributed by atoms with E-state index in [0.717, 1.165) is 6.42 Å². The van der Waals surface area contributed by atoms with Gasteiger partial charge in [-0.3, -0.25) is 4.68 Å². The van der Waals surface area contributed by atoms with E-state index in [1.54, 1.807) is 0 Å². The lowest BCUT2D eigenvalue weighted by Gasteiger charge is -2.37. The molecule has 0 bridgehead atoms. The van der Waals surface area contributed by atoms with Crippen molar-refractivity contribution in [2.75, 3.05) is 7.05 Å². The topological polar surface area (TPSA) is 29.9 Å². The summed E-state index contributed by atoms with van der Waals surface area (Å²) in [6, 6.07) is 0.396. The zero-order valence-electron chi connectivity index (χ0n) is 9.46. The van der Waals surface area contributed by atoms with Crippen LogP contribution in [0.4, 0.5) is 0 Å². The van der Waals surface area contributed by atoms with Crippen molar-refractivity contribution >= 4 is 0 Å². The van der Waals surface area contributed by atoms with Gasteiger partial charge >= 0.3 is 0 Å². The van der Waals surface area contributed by atoms with E-state index >= 15 is 0 Å². The maximum Gasteiger partial charge on any atom is 0.0831 e. The van der Waals surface area contributed by atoms with E-state index < -0.39 is 0 Å². The van der Waals surface area contributed by atoms with Crippen LogP contribution in [0.2, 0.25) is 0 Å². The second kappa shape index (κ2) is 3.09. The molecule has 0 radical (unpaired) electrons. The fourth-order valence-corrected chi connectivity index (χ4v) is 2.49. The normalized spacial score (nSPS) is 24.7. The smallest absolute Gasteiger partial charge is 0.0831 e. The molecule has 1 N–H and O–H groups in total. The molecule has 1 unspecified atom stereocenters. The fourth-order valence-electron chi connectivity index (χ4n) is 2.49. The van der Waals surface area contributed by atoms with Crippen LogP contribution in [0, 0.1) is 5.41 Å². The van der Waals surface area contributed by atoms with E-state index in [1.807, 2.05) is 18.8 Å². The van der Waals surface area contributed by atoms with Crippen LogP contribution >= 0.6 is 0 Å². The van der Waals surface area contributed by atoms with Crippen LogP contribution in [-0.2, 0) is 13.5 Å². The quantitative estimate of drug-likeness (QED) is 0.735. The monoisotopic (exact) mass is 193 g/mol. The predicted molar refractivity (Wildman–Crippen MR) is 57.1 cm³/mol. The number of hydrogen-bond acceptors (Lipinski definition) is 2. The van der Waals surface area contributed by atoms with Crippen LogP contribution in [0.1, 0.15) is 37.6 Å². The number of nitrogens with one attached hydrogen (secondary N) is 1. The Hall–Kier alpha value is -0.830. The summed E-state index contributed by atoms with van der Waals surface area (Å²) in [5, 5.41) is 7.94. The minimum atomic E-state index is 0.316. The molecule has 1 heterocycles. The summed E-state index contributed by atoms with van der Waals surface area (Å²) in [5.74, 6) is 0. The van der Waals surface area contributed by atoms with Gasteiger partial charge in [0, 0.05) is 13.2 Å². The fraction of sp³-hybridized carbons (Fsp3) is 0.727. The molecule has 3 nitrogen and oxygen atoms in total. The van der Waals surface area contributed by atoms with Gasteiger partial charge in [0.05, 0.1) is 11.7 Å². The molecule has 0 saturated heterocycles. The van der Waals surface area contributed by atoms with Gasteiger partial charge in [-0.25, -0.2) is 0 Å². The van der Waals surface area contributed by atoms with Crippen molar-refractivity contribution < 1.29 is 0 Å². The predicted octanol–water partition coefficient (Wildman–Crippen LogP) is 1.65. The summed E-state index contributed by atoms with van der Waals surface area (Å²) in [5.41, 5.74) is 2.97. The van der Waals surface area contributed by atoms with Crippen molar-refractivity contribution in [2.24, 2.45) is 12.5 Å². The van der Waals surface area contributed by atoms with Crippen molar-refractivity contribution in [2.45, 2.75) is 32.7 Å².